The number of hydrogen-bond donors (Lipinski definition) is 2. The van der Waals surface area contributed by atoms with Crippen molar-refractivity contribution in [3.05, 3.63) is 23.8 Å². The lowest BCUT2D eigenvalue weighted by Gasteiger charge is -1.95. The largest absolute Gasteiger partial charge is 0.392 e. The van der Waals surface area contributed by atoms with E-state index in [0.29, 0.717) is 11.0 Å². The molecule has 3 N–H and O–H groups in total. The number of rotatable bonds is 1. The number of anilines is 1. The molecule has 1 aromatic carbocycles. The summed E-state index contributed by atoms with van der Waals surface area (Å²) >= 11 is 0. The highest BCUT2D eigenvalue weighted by molar-refractivity contribution is 5.89. The number of aliphatic hydroxyl groups is 1. The molecule has 62 valence electrons. The molecule has 1 heterocycles. The maximum atomic E-state index is 9.24. The van der Waals surface area contributed by atoms with E-state index in [1.807, 2.05) is 0 Å². The first kappa shape index (κ1) is 5.16. The summed E-state index contributed by atoms with van der Waals surface area (Å²) in [6.45, 7) is -2.45. The SMILES string of the molecule is [2H]C([2H])(O)c1cccc2onc(N)c12. The molecule has 2 rings (SSSR count). The van der Waals surface area contributed by atoms with Crippen LogP contribution in [-0.2, 0) is 6.56 Å². The third kappa shape index (κ3) is 0.853. The summed E-state index contributed by atoms with van der Waals surface area (Å²) in [7, 11) is 0. The molecule has 1 aromatic heterocycles. The molecule has 2 aromatic rings. The van der Waals surface area contributed by atoms with Gasteiger partial charge in [0, 0.05) is 0 Å². The Morgan fingerprint density at radius 1 is 1.67 bits per heavy atom. The van der Waals surface area contributed by atoms with E-state index in [9.17, 15) is 5.11 Å². The Morgan fingerprint density at radius 2 is 2.50 bits per heavy atom. The van der Waals surface area contributed by atoms with Crippen LogP contribution in [0.15, 0.2) is 22.7 Å². The molecule has 0 aliphatic rings. The number of aromatic nitrogens is 1. The van der Waals surface area contributed by atoms with Crippen LogP contribution >= 0.6 is 0 Å². The first-order valence-electron chi connectivity index (χ1n) is 4.37. The van der Waals surface area contributed by atoms with Crippen molar-refractivity contribution < 1.29 is 12.4 Å². The number of nitrogens with zero attached hydrogens (tertiary/aromatic N) is 1. The number of nitrogen functional groups attached to an aromatic ring is 1. The third-order valence-electron chi connectivity index (χ3n) is 1.65. The van der Waals surface area contributed by atoms with Gasteiger partial charge in [0.2, 0.25) is 0 Å². The molecule has 0 aliphatic heterocycles. The van der Waals surface area contributed by atoms with E-state index in [2.05, 4.69) is 5.16 Å². The normalized spacial score (nSPS) is 14.4. The van der Waals surface area contributed by atoms with Gasteiger partial charge in [-0.2, -0.15) is 0 Å². The minimum Gasteiger partial charge on any atom is -0.392 e. The Morgan fingerprint density at radius 3 is 3.25 bits per heavy atom. The molecule has 0 aliphatic carbocycles. The van der Waals surface area contributed by atoms with E-state index in [-0.39, 0.29) is 11.4 Å². The smallest absolute Gasteiger partial charge is 0.175 e. The highest BCUT2D eigenvalue weighted by atomic mass is 16.5. The molecule has 0 bridgehead atoms. The predicted molar refractivity (Wildman–Crippen MR) is 44.3 cm³/mol. The number of hydrogen-bond acceptors (Lipinski definition) is 4. The van der Waals surface area contributed by atoms with Crippen LogP contribution in [0.2, 0.25) is 0 Å². The van der Waals surface area contributed by atoms with Crippen LogP contribution in [0.3, 0.4) is 0 Å². The fourth-order valence-electron chi connectivity index (χ4n) is 1.11. The quantitative estimate of drug-likeness (QED) is 0.660. The second-order valence-electron chi connectivity index (χ2n) is 2.36. The van der Waals surface area contributed by atoms with Crippen molar-refractivity contribution in [2.45, 2.75) is 6.56 Å². The van der Waals surface area contributed by atoms with Crippen LogP contribution < -0.4 is 5.73 Å². The molecule has 0 unspecified atom stereocenters. The fraction of sp³-hybridized carbons (Fsp3) is 0.125. The number of nitrogens with two attached hydrogens (primary N) is 1. The lowest BCUT2D eigenvalue weighted by Crippen LogP contribution is -1.88. The van der Waals surface area contributed by atoms with Crippen molar-refractivity contribution in [3.63, 3.8) is 0 Å². The van der Waals surface area contributed by atoms with Crippen molar-refractivity contribution >= 4 is 16.8 Å². The Kier molecular flexibility index (Phi) is 1.07. The van der Waals surface area contributed by atoms with Gasteiger partial charge in [-0.25, -0.2) is 0 Å². The summed E-state index contributed by atoms with van der Waals surface area (Å²) < 4.78 is 19.2. The minimum atomic E-state index is -2.45. The van der Waals surface area contributed by atoms with Gasteiger partial charge in [-0.1, -0.05) is 17.3 Å². The second kappa shape index (κ2) is 2.49. The van der Waals surface area contributed by atoms with E-state index in [4.69, 9.17) is 13.0 Å². The highest BCUT2D eigenvalue weighted by Crippen LogP contribution is 2.23. The number of benzene rings is 1. The van der Waals surface area contributed by atoms with Gasteiger partial charge in [-0.15, -0.1) is 0 Å². The summed E-state index contributed by atoms with van der Waals surface area (Å²) in [5.74, 6) is 0.0773. The Hall–Kier alpha value is -1.55. The average molecular weight is 166 g/mol. The average Bonchev–Trinajstić information content (AvgIpc) is 2.46. The van der Waals surface area contributed by atoms with Crippen LogP contribution in [-0.4, -0.2) is 10.3 Å². The molecule has 0 atom stereocenters. The van der Waals surface area contributed by atoms with Gasteiger partial charge in [-0.05, 0) is 11.6 Å². The van der Waals surface area contributed by atoms with Crippen LogP contribution in [0.4, 0.5) is 5.82 Å². The Balaban J connectivity index is 2.82. The molecule has 0 radical (unpaired) electrons. The Labute approximate surface area is 71.4 Å². The van der Waals surface area contributed by atoms with Gasteiger partial charge in [0.15, 0.2) is 11.4 Å². The van der Waals surface area contributed by atoms with Gasteiger partial charge in [0.1, 0.15) is 0 Å². The topological polar surface area (TPSA) is 72.3 Å². The maximum Gasteiger partial charge on any atom is 0.175 e. The lowest BCUT2D eigenvalue weighted by atomic mass is 10.1. The van der Waals surface area contributed by atoms with Gasteiger partial charge in [-0.3, -0.25) is 0 Å². The van der Waals surface area contributed by atoms with E-state index in [0.717, 1.165) is 0 Å². The van der Waals surface area contributed by atoms with E-state index < -0.39 is 6.56 Å². The molecule has 4 heteroatoms. The molecule has 0 saturated carbocycles. The van der Waals surface area contributed by atoms with E-state index in [1.54, 1.807) is 12.1 Å². The first-order chi connectivity index (χ1) is 6.50. The summed E-state index contributed by atoms with van der Waals surface area (Å²) in [6, 6.07) is 4.61. The van der Waals surface area contributed by atoms with Crippen molar-refractivity contribution in [2.75, 3.05) is 5.73 Å². The van der Waals surface area contributed by atoms with E-state index in [1.165, 1.54) is 6.07 Å². The highest BCUT2D eigenvalue weighted by Gasteiger charge is 2.07. The first-order valence-corrected chi connectivity index (χ1v) is 3.37. The van der Waals surface area contributed by atoms with Crippen LogP contribution in [0.5, 0.6) is 0 Å². The summed E-state index contributed by atoms with van der Waals surface area (Å²) in [6.07, 6.45) is 0. The molecule has 4 nitrogen and oxygen atoms in total. The molecule has 0 saturated heterocycles. The monoisotopic (exact) mass is 166 g/mol. The molecule has 0 fully saturated rings. The minimum absolute atomic E-state index is 0.0637. The molecule has 0 spiro atoms. The Bertz CT molecular complexity index is 476. The zero-order valence-corrected chi connectivity index (χ0v) is 6.11. The molecule has 0 amide bonds. The van der Waals surface area contributed by atoms with Gasteiger partial charge < -0.3 is 15.4 Å². The zero-order valence-electron chi connectivity index (χ0n) is 8.11. The molecular weight excluding hydrogens is 156 g/mol. The summed E-state index contributed by atoms with van der Waals surface area (Å²) in [5, 5.41) is 13.1. The standard InChI is InChI=1S/C8H8N2O2/c9-8-7-5(4-11)2-1-3-6(7)12-10-8/h1-3,11H,4H2,(H2,9,10)/i4D2. The van der Waals surface area contributed by atoms with Crippen molar-refractivity contribution in [1.29, 1.82) is 0 Å². The van der Waals surface area contributed by atoms with Gasteiger partial charge >= 0.3 is 0 Å². The van der Waals surface area contributed by atoms with Crippen LogP contribution in [0.25, 0.3) is 11.0 Å². The lowest BCUT2D eigenvalue weighted by molar-refractivity contribution is 0.283. The maximum absolute atomic E-state index is 9.24. The third-order valence-corrected chi connectivity index (χ3v) is 1.65. The van der Waals surface area contributed by atoms with E-state index >= 15 is 0 Å². The molecular formula is C8H8N2O2. The predicted octanol–water partition coefficient (Wildman–Crippen LogP) is 0.902. The van der Waals surface area contributed by atoms with Crippen molar-refractivity contribution in [2.24, 2.45) is 0 Å². The van der Waals surface area contributed by atoms with Gasteiger partial charge in [0.25, 0.3) is 0 Å². The fourth-order valence-corrected chi connectivity index (χ4v) is 1.11. The van der Waals surface area contributed by atoms with Crippen molar-refractivity contribution in [3.8, 4) is 0 Å². The summed E-state index contributed by atoms with van der Waals surface area (Å²) in [4.78, 5) is 0. The van der Waals surface area contributed by atoms with Crippen molar-refractivity contribution in [1.82, 2.24) is 5.16 Å². The van der Waals surface area contributed by atoms with Gasteiger partial charge in [0.05, 0.1) is 14.7 Å². The second-order valence-corrected chi connectivity index (χ2v) is 2.36. The van der Waals surface area contributed by atoms with Crippen LogP contribution in [0, 0.1) is 0 Å². The number of fused-ring (bicyclic) bond motifs is 1. The summed E-state index contributed by atoms with van der Waals surface area (Å²) in [5.41, 5.74) is 5.91. The molecule has 12 heavy (non-hydrogen) atoms. The van der Waals surface area contributed by atoms with Crippen LogP contribution in [0.1, 0.15) is 8.30 Å². The zero-order chi connectivity index (χ0) is 10.3.